The molecule has 1 heterocycles. The fourth-order valence-corrected chi connectivity index (χ4v) is 1.39. The number of rotatable bonds is 2. The average molecular weight is 217 g/mol. The van der Waals surface area contributed by atoms with E-state index in [-0.39, 0.29) is 16.9 Å². The molecule has 0 N–H and O–H groups in total. The van der Waals surface area contributed by atoms with Crippen LogP contribution in [0.15, 0.2) is 30.3 Å². The monoisotopic (exact) mass is 217 g/mol. The average Bonchev–Trinajstić information content (AvgIpc) is 2.27. The first-order valence-electron chi connectivity index (χ1n) is 4.35. The number of carbonyl (C=O) groups is 1. The van der Waals surface area contributed by atoms with Crippen molar-refractivity contribution in [2.24, 2.45) is 0 Å². The lowest BCUT2D eigenvalue weighted by Gasteiger charge is -2.03. The Morgan fingerprint density at radius 3 is 2.62 bits per heavy atom. The summed E-state index contributed by atoms with van der Waals surface area (Å²) in [4.78, 5) is 24.4. The predicted octanol–water partition coefficient (Wildman–Crippen LogP) is 0.506. The molecule has 1 aromatic heterocycles. The number of carbonyl (C=O) groups excluding carboxylic acids is 1. The van der Waals surface area contributed by atoms with E-state index in [0.29, 0.717) is 5.39 Å². The number of carboxylic acids is 1. The molecule has 0 unspecified atom stereocenters. The van der Waals surface area contributed by atoms with Gasteiger partial charge in [0.05, 0.1) is 16.6 Å². The zero-order valence-electron chi connectivity index (χ0n) is 7.91. The van der Waals surface area contributed by atoms with Crippen LogP contribution >= 0.6 is 0 Å². The van der Waals surface area contributed by atoms with E-state index >= 15 is 0 Å². The summed E-state index contributed by atoms with van der Waals surface area (Å²) >= 11 is 0. The van der Waals surface area contributed by atoms with Gasteiger partial charge in [0.25, 0.3) is 5.69 Å². The SMILES string of the molecule is O=C([O-])c1ccc2cccc([N+](=O)[O-])c2n1. The number of nitrogens with zero attached hydrogens (tertiary/aromatic N) is 2. The van der Waals surface area contributed by atoms with Gasteiger partial charge in [-0.1, -0.05) is 18.2 Å². The molecule has 0 aliphatic rings. The van der Waals surface area contributed by atoms with Gasteiger partial charge in [-0.15, -0.1) is 0 Å². The third kappa shape index (κ3) is 1.56. The number of para-hydroxylation sites is 1. The molecule has 0 amide bonds. The third-order valence-corrected chi connectivity index (χ3v) is 2.10. The summed E-state index contributed by atoms with van der Waals surface area (Å²) in [6, 6.07) is 7.12. The molecule has 2 rings (SSSR count). The molecule has 0 aliphatic carbocycles. The van der Waals surface area contributed by atoms with Crippen molar-refractivity contribution in [1.82, 2.24) is 4.98 Å². The molecule has 6 heteroatoms. The Morgan fingerprint density at radius 1 is 1.25 bits per heavy atom. The lowest BCUT2D eigenvalue weighted by molar-refractivity contribution is -0.383. The van der Waals surface area contributed by atoms with Crippen molar-refractivity contribution in [1.29, 1.82) is 0 Å². The van der Waals surface area contributed by atoms with Gasteiger partial charge in [-0.2, -0.15) is 0 Å². The lowest BCUT2D eigenvalue weighted by Crippen LogP contribution is -2.23. The van der Waals surface area contributed by atoms with Crippen molar-refractivity contribution in [3.63, 3.8) is 0 Å². The van der Waals surface area contributed by atoms with Gasteiger partial charge in [0.15, 0.2) is 0 Å². The van der Waals surface area contributed by atoms with Gasteiger partial charge >= 0.3 is 0 Å². The fourth-order valence-electron chi connectivity index (χ4n) is 1.39. The van der Waals surface area contributed by atoms with Gasteiger partial charge in [-0.05, 0) is 6.07 Å². The summed E-state index contributed by atoms with van der Waals surface area (Å²) in [6.45, 7) is 0. The van der Waals surface area contributed by atoms with Crippen LogP contribution in [0.1, 0.15) is 10.5 Å². The molecule has 80 valence electrons. The summed E-state index contributed by atoms with van der Waals surface area (Å²) in [5.74, 6) is -1.46. The highest BCUT2D eigenvalue weighted by atomic mass is 16.6. The van der Waals surface area contributed by atoms with E-state index in [1.165, 1.54) is 24.3 Å². The quantitative estimate of drug-likeness (QED) is 0.539. The third-order valence-electron chi connectivity index (χ3n) is 2.10. The van der Waals surface area contributed by atoms with Crippen LogP contribution < -0.4 is 5.11 Å². The number of non-ortho nitro benzene ring substituents is 1. The van der Waals surface area contributed by atoms with Gasteiger partial charge in [0.2, 0.25) is 0 Å². The number of aromatic nitrogens is 1. The van der Waals surface area contributed by atoms with E-state index in [2.05, 4.69) is 4.98 Å². The first-order chi connectivity index (χ1) is 7.59. The number of hydrogen-bond acceptors (Lipinski definition) is 5. The molecule has 1 aromatic carbocycles. The number of fused-ring (bicyclic) bond motifs is 1. The summed E-state index contributed by atoms with van der Waals surface area (Å²) in [6.07, 6.45) is 0. The molecule has 16 heavy (non-hydrogen) atoms. The van der Waals surface area contributed by atoms with Crippen molar-refractivity contribution in [3.8, 4) is 0 Å². The predicted molar refractivity (Wildman–Crippen MR) is 52.7 cm³/mol. The Morgan fingerprint density at radius 2 is 2.00 bits per heavy atom. The van der Waals surface area contributed by atoms with Crippen LogP contribution in [0.4, 0.5) is 5.69 Å². The van der Waals surface area contributed by atoms with Crippen molar-refractivity contribution < 1.29 is 14.8 Å². The normalized spacial score (nSPS) is 10.2. The maximum atomic E-state index is 10.7. The van der Waals surface area contributed by atoms with Crippen LogP contribution in [-0.2, 0) is 0 Å². The van der Waals surface area contributed by atoms with Crippen LogP contribution in [0.5, 0.6) is 0 Å². The molecular weight excluding hydrogens is 212 g/mol. The van der Waals surface area contributed by atoms with Crippen LogP contribution in [0, 0.1) is 10.1 Å². The molecule has 0 saturated carbocycles. The second-order valence-corrected chi connectivity index (χ2v) is 3.09. The maximum Gasteiger partial charge on any atom is 0.295 e. The topological polar surface area (TPSA) is 96.2 Å². The highest BCUT2D eigenvalue weighted by Crippen LogP contribution is 2.23. The molecule has 0 saturated heterocycles. The standard InChI is InChI=1S/C10H6N2O4/c13-10(14)7-5-4-6-2-1-3-8(12(15)16)9(6)11-7/h1-5H,(H,13,14)/p-1. The minimum absolute atomic E-state index is 0.0502. The Hall–Kier alpha value is -2.50. The zero-order chi connectivity index (χ0) is 11.7. The summed E-state index contributed by atoms with van der Waals surface area (Å²) in [7, 11) is 0. The van der Waals surface area contributed by atoms with Crippen LogP contribution in [0.25, 0.3) is 10.9 Å². The number of benzene rings is 1. The Balaban J connectivity index is 2.78. The molecule has 2 aromatic rings. The van der Waals surface area contributed by atoms with Gasteiger partial charge in [-0.3, -0.25) is 10.1 Å². The number of hydrogen-bond donors (Lipinski definition) is 0. The van der Waals surface area contributed by atoms with E-state index in [0.717, 1.165) is 0 Å². The van der Waals surface area contributed by atoms with E-state index in [1.54, 1.807) is 6.07 Å². The summed E-state index contributed by atoms with van der Waals surface area (Å²) < 4.78 is 0. The van der Waals surface area contributed by atoms with Gasteiger partial charge in [-0.25, -0.2) is 4.98 Å². The van der Waals surface area contributed by atoms with Crippen molar-refractivity contribution >= 4 is 22.6 Å². The van der Waals surface area contributed by atoms with Crippen molar-refractivity contribution in [3.05, 3.63) is 46.1 Å². The largest absolute Gasteiger partial charge is 0.543 e. The van der Waals surface area contributed by atoms with Crippen LogP contribution in [-0.4, -0.2) is 15.9 Å². The minimum Gasteiger partial charge on any atom is -0.543 e. The minimum atomic E-state index is -1.46. The van der Waals surface area contributed by atoms with Crippen molar-refractivity contribution in [2.75, 3.05) is 0 Å². The van der Waals surface area contributed by atoms with Crippen LogP contribution in [0.3, 0.4) is 0 Å². The first kappa shape index (κ1) is 10.0. The molecular formula is C10H5N2O4-. The molecule has 0 bridgehead atoms. The second-order valence-electron chi connectivity index (χ2n) is 3.09. The Bertz CT molecular complexity index is 594. The number of pyridine rings is 1. The molecule has 0 atom stereocenters. The summed E-state index contributed by atoms with van der Waals surface area (Å²) in [5, 5.41) is 21.8. The molecule has 0 radical (unpaired) electrons. The number of nitro benzene ring substituents is 1. The number of aromatic carboxylic acids is 1. The molecule has 0 spiro atoms. The number of carboxylic acid groups (broad SMARTS) is 1. The van der Waals surface area contributed by atoms with E-state index in [4.69, 9.17) is 0 Å². The molecule has 0 aliphatic heterocycles. The Labute approximate surface area is 89.3 Å². The highest BCUT2D eigenvalue weighted by Gasteiger charge is 2.12. The lowest BCUT2D eigenvalue weighted by atomic mass is 10.2. The molecule has 6 nitrogen and oxygen atoms in total. The maximum absolute atomic E-state index is 10.7. The Kier molecular flexibility index (Phi) is 2.24. The number of nitro groups is 1. The van der Waals surface area contributed by atoms with E-state index in [9.17, 15) is 20.0 Å². The van der Waals surface area contributed by atoms with E-state index in [1.807, 2.05) is 0 Å². The smallest absolute Gasteiger partial charge is 0.295 e. The second kappa shape index (κ2) is 3.58. The zero-order valence-corrected chi connectivity index (χ0v) is 7.91. The van der Waals surface area contributed by atoms with Crippen LogP contribution in [0.2, 0.25) is 0 Å². The first-order valence-corrected chi connectivity index (χ1v) is 4.35. The van der Waals surface area contributed by atoms with Gasteiger partial charge in [0.1, 0.15) is 5.52 Å². The van der Waals surface area contributed by atoms with Gasteiger partial charge in [0, 0.05) is 11.5 Å². The highest BCUT2D eigenvalue weighted by molar-refractivity contribution is 5.92. The van der Waals surface area contributed by atoms with E-state index < -0.39 is 10.9 Å². The van der Waals surface area contributed by atoms with Crippen molar-refractivity contribution in [2.45, 2.75) is 0 Å². The molecule has 0 fully saturated rings. The van der Waals surface area contributed by atoms with Gasteiger partial charge < -0.3 is 9.90 Å². The summed E-state index contributed by atoms with van der Waals surface area (Å²) in [5.41, 5.74) is -0.489. The fraction of sp³-hybridized carbons (Fsp3) is 0.